The standard InChI is InChI=1S/C32H40BrN5O5.C25H34O6.C17H20N2O5S.CH4O3S/c1-16(2)12-24-29(40)37-11-7-10-25(37)32(42)38(24)30(41)31(43-32,17(3)4)35-28(39)18-13-20-19-8-6-9-22-26(19)21(27(33)34-22)14-23(20)36(5)15-18;1-4-5-21-30-20-11-17-16-7-6-14-10-15(27)8-9-23(14,2)22(16)18(28)12-24(17,3)25(20,31-21)19(29)13-26;1-2-3-9-19-14-10-12(17(20)21)11-15(25(18,22)23)16(14)24-13-7-5-4-6-8-13;1-5(2,3)4/h6,8-9,13,16-18,23-25,34,42H,7,10-12,14-15H2,1-5H3,(H,35,39);8-10,16-18,20-22,26,28H,4-7,11-13H2,1-3H3;4-8,10-11,19H,2-3,9H2,1H3,(H,20,21)(H2,18,22,23);1H3,(H,2,3,4)/t18-,23-,24+,25+,31-,32+;16-,17-,18-,20+,21+,22+,23-,24-,25+;;/m10../s1. The van der Waals surface area contributed by atoms with Crippen molar-refractivity contribution in [2.45, 2.75) is 191 Å². The molecule has 26 nitrogen and oxygen atoms in total. The number of halogens is 1. The molecule has 3 aromatic carbocycles. The monoisotopic (exact) mass is 1540 g/mol. The molecule has 7 fully saturated rings. The Balaban J connectivity index is 0.000000157. The van der Waals surface area contributed by atoms with Crippen LogP contribution in [0.3, 0.4) is 0 Å². The van der Waals surface area contributed by atoms with E-state index >= 15 is 0 Å². The number of hydrogen-bond acceptors (Lipinski definition) is 19. The van der Waals surface area contributed by atoms with Gasteiger partial charge in [0.25, 0.3) is 21.9 Å². The molecule has 5 aliphatic heterocycles. The number of sulfonamides is 1. The lowest BCUT2D eigenvalue weighted by Crippen LogP contribution is -2.71. The Morgan fingerprint density at radius 3 is 2.34 bits per heavy atom. The number of Topliss-reactive ketones (excluding diaryl/α,β-unsaturated/α-hetero) is 1. The molecule has 15 atom stereocenters. The summed E-state index contributed by atoms with van der Waals surface area (Å²) in [4.78, 5) is 87.0. The highest BCUT2D eigenvalue weighted by Crippen LogP contribution is 2.70. The van der Waals surface area contributed by atoms with E-state index in [2.05, 4.69) is 69.4 Å². The van der Waals surface area contributed by atoms with Crippen LogP contribution in [0.5, 0.6) is 11.5 Å². The van der Waals surface area contributed by atoms with Crippen molar-refractivity contribution in [3.8, 4) is 11.5 Å². The van der Waals surface area contributed by atoms with Crippen LogP contribution in [0.25, 0.3) is 16.5 Å². The lowest BCUT2D eigenvalue weighted by molar-refractivity contribution is -0.322. The first-order valence-corrected chi connectivity index (χ1v) is 40.1. The number of fused-ring (bicyclic) bond motifs is 12. The predicted molar refractivity (Wildman–Crippen MR) is 389 cm³/mol. The maximum atomic E-state index is 14.4. The normalized spacial score (nSPS) is 32.2. The van der Waals surface area contributed by atoms with Crippen LogP contribution in [0.1, 0.15) is 148 Å². The van der Waals surface area contributed by atoms with Crippen LogP contribution in [0, 0.1) is 46.3 Å². The number of H-pyrrole nitrogens is 1. The molecule has 29 heteroatoms. The fourth-order valence-corrected chi connectivity index (χ4v) is 19.7. The number of primary sulfonamides is 1. The average Bonchev–Trinajstić information content (AvgIpc) is 1.50. The van der Waals surface area contributed by atoms with Crippen molar-refractivity contribution >= 4 is 93.5 Å². The van der Waals surface area contributed by atoms with Gasteiger partial charge in [-0.25, -0.2) is 18.4 Å². The molecule has 10 N–H and O–H groups in total. The van der Waals surface area contributed by atoms with E-state index in [0.29, 0.717) is 63.7 Å². The highest BCUT2D eigenvalue weighted by Gasteiger charge is 2.76. The van der Waals surface area contributed by atoms with E-state index in [1.807, 2.05) is 46.0 Å². The van der Waals surface area contributed by atoms with Crippen LogP contribution < -0.4 is 20.5 Å². The average molecular weight is 1550 g/mol. The molecular weight excluding hydrogens is 1450 g/mol. The number of ether oxygens (including phenoxy) is 4. The molecule has 1 aromatic heterocycles. The van der Waals surface area contributed by atoms with Crippen molar-refractivity contribution in [2.75, 3.05) is 44.9 Å². The second-order valence-corrected chi connectivity index (χ2v) is 34.3. The zero-order valence-electron chi connectivity index (χ0n) is 60.4. The number of carboxylic acid groups (broad SMARTS) is 1. The number of aromatic amines is 1. The van der Waals surface area contributed by atoms with E-state index in [1.165, 1.54) is 21.9 Å². The number of ketones is 2. The van der Waals surface area contributed by atoms with E-state index in [4.69, 9.17) is 28.6 Å². The Bertz CT molecular complexity index is 4350. The Morgan fingerprint density at radius 1 is 0.981 bits per heavy atom. The zero-order chi connectivity index (χ0) is 75.7. The van der Waals surface area contributed by atoms with E-state index in [1.54, 1.807) is 61.2 Å². The molecule has 4 saturated heterocycles. The van der Waals surface area contributed by atoms with Crippen LogP contribution in [0.4, 0.5) is 5.69 Å². The topological polar surface area (TPSA) is 384 Å². The molecule has 0 bridgehead atoms. The minimum atomic E-state index is -4.19. The number of carbonyl (C=O) groups excluding carboxylic acids is 5. The minimum Gasteiger partial charge on any atom is -0.478 e. The lowest BCUT2D eigenvalue weighted by atomic mass is 9.46. The van der Waals surface area contributed by atoms with Crippen LogP contribution in [-0.2, 0) is 64.7 Å². The number of carbonyl (C=O) groups is 6. The molecule has 3 amide bonds. The molecule has 14 rings (SSSR count). The summed E-state index contributed by atoms with van der Waals surface area (Å²) in [5.74, 6) is -4.85. The fraction of sp³-hybridized carbons (Fsp3) is 0.573. The number of benzene rings is 3. The molecule has 3 saturated carbocycles. The number of carboxylic acids is 1. The van der Waals surface area contributed by atoms with Gasteiger partial charge in [-0.05, 0) is 164 Å². The number of rotatable bonds is 17. The number of anilines is 1. The maximum Gasteiger partial charge on any atom is 0.335 e. The van der Waals surface area contributed by atoms with Crippen molar-refractivity contribution in [3.63, 3.8) is 0 Å². The second-order valence-electron chi connectivity index (χ2n) is 30.5. The number of aromatic carboxylic acids is 1. The molecule has 4 aromatic rings. The Hall–Kier alpha value is -6.74. The Labute approximate surface area is 615 Å². The maximum absolute atomic E-state index is 14.4. The van der Waals surface area contributed by atoms with E-state index in [-0.39, 0.29) is 80.4 Å². The van der Waals surface area contributed by atoms with Crippen LogP contribution in [0.15, 0.2) is 100 Å². The summed E-state index contributed by atoms with van der Waals surface area (Å²) in [6.07, 6.45) is 15.3. The van der Waals surface area contributed by atoms with Crippen molar-refractivity contribution in [2.24, 2.45) is 51.5 Å². The highest BCUT2D eigenvalue weighted by atomic mass is 79.9. The number of aromatic nitrogens is 1. The van der Waals surface area contributed by atoms with Crippen molar-refractivity contribution in [1.29, 1.82) is 0 Å². The molecule has 0 unspecified atom stereocenters. The third-order valence-electron chi connectivity index (χ3n) is 23.0. The molecule has 566 valence electrons. The number of piperazine rings is 1. The Kier molecular flexibility index (Phi) is 22.4. The molecule has 6 heterocycles. The molecule has 0 spiro atoms. The van der Waals surface area contributed by atoms with Gasteiger partial charge in [-0.3, -0.25) is 43.1 Å². The first-order valence-electron chi connectivity index (χ1n) is 35.9. The lowest BCUT2D eigenvalue weighted by Gasteiger charge is -2.59. The SMILES string of the molecule is CC(C)C[C@H]1C(=O)N2CCC[C@H]2[C@]2(O)O[C@](NC(=O)[C@@H]3C=C4c5cccc6[nH]c(Br)c(c56)C[C@H]4N(C)C3)(C(C)C)C(=O)N12.CCCCNc1cc(C(=O)O)cc(S(N)(=O)=O)c1Oc1ccccc1.CCC[C@@H]1O[C@@H]2C[C@H]3[C@@H]4CCC5=CC(=O)C=C[C@]5(C)[C@H]4[C@@H](O)C[C@]3(C)[C@]2(C(=O)CO)O1.CS(=O)(=O)O. The third kappa shape index (κ3) is 14.2. The van der Waals surface area contributed by atoms with Gasteiger partial charge < -0.3 is 55.2 Å². The molecule has 5 aliphatic carbocycles. The smallest absolute Gasteiger partial charge is 0.335 e. The number of aliphatic hydroxyl groups is 3. The summed E-state index contributed by atoms with van der Waals surface area (Å²) in [6.45, 7) is 16.8. The first kappa shape index (κ1) is 78.3. The van der Waals surface area contributed by atoms with Gasteiger partial charge in [0.15, 0.2) is 29.2 Å². The minimum absolute atomic E-state index is 0.0125. The first-order chi connectivity index (χ1) is 48.9. The fourth-order valence-electron chi connectivity index (χ4n) is 18.5. The van der Waals surface area contributed by atoms with Gasteiger partial charge in [0.05, 0.1) is 40.2 Å². The van der Waals surface area contributed by atoms with Gasteiger partial charge >= 0.3 is 5.97 Å². The Morgan fingerprint density at radius 2 is 1.69 bits per heavy atom. The van der Waals surface area contributed by atoms with Crippen LogP contribution in [0.2, 0.25) is 0 Å². The number of nitrogens with two attached hydrogens (primary N) is 1. The largest absolute Gasteiger partial charge is 0.478 e. The van der Waals surface area contributed by atoms with Crippen molar-refractivity contribution < 1.29 is 89.5 Å². The van der Waals surface area contributed by atoms with Gasteiger partial charge in [0.1, 0.15) is 29.3 Å². The van der Waals surface area contributed by atoms with E-state index in [0.717, 1.165) is 77.8 Å². The number of hydrogen-bond donors (Lipinski definition) is 9. The highest BCUT2D eigenvalue weighted by molar-refractivity contribution is 9.10. The van der Waals surface area contributed by atoms with Gasteiger partial charge in [-0.15, -0.1) is 0 Å². The number of unbranched alkanes of at least 4 members (excludes halogenated alkanes) is 1. The van der Waals surface area contributed by atoms with Crippen molar-refractivity contribution in [1.82, 2.24) is 25.0 Å². The van der Waals surface area contributed by atoms with Crippen LogP contribution >= 0.6 is 15.9 Å². The number of nitrogens with zero attached hydrogens (tertiary/aromatic N) is 3. The summed E-state index contributed by atoms with van der Waals surface area (Å²) in [5.41, 5.74) is 1.70. The zero-order valence-corrected chi connectivity index (χ0v) is 63.6. The number of likely N-dealkylation sites (N-methyl/N-ethyl adjacent to an activating group) is 1. The number of nitrogens with one attached hydrogen (secondary N) is 3. The molecule has 10 aliphatic rings. The van der Waals surface area contributed by atoms with Gasteiger partial charge in [0, 0.05) is 59.2 Å². The van der Waals surface area contributed by atoms with Gasteiger partial charge in [-0.2, -0.15) is 8.42 Å². The van der Waals surface area contributed by atoms with Gasteiger partial charge in [0.2, 0.25) is 27.6 Å². The second kappa shape index (κ2) is 29.8. The quantitative estimate of drug-likeness (QED) is 0.0353. The molecule has 0 radical (unpaired) electrons. The predicted octanol–water partition coefficient (Wildman–Crippen LogP) is 8.45. The van der Waals surface area contributed by atoms with E-state index in [9.17, 15) is 66.0 Å². The number of aliphatic hydroxyl groups excluding tert-OH is 2. The molecule has 104 heavy (non-hydrogen) atoms. The summed E-state index contributed by atoms with van der Waals surface area (Å²) in [6, 6.07) is 15.7. The summed E-state index contributed by atoms with van der Waals surface area (Å²) >= 11 is 3.70. The number of para-hydroxylation sites is 1. The molecular formula is C75H98BrN7O19S2. The number of amides is 3. The summed E-state index contributed by atoms with van der Waals surface area (Å²) in [7, 11) is -5.83. The van der Waals surface area contributed by atoms with Crippen molar-refractivity contribution in [3.05, 3.63) is 112 Å². The van der Waals surface area contributed by atoms with Crippen LogP contribution in [-0.4, -0.2) is 190 Å². The van der Waals surface area contributed by atoms with E-state index < -0.39 is 104 Å². The number of allylic oxidation sites excluding steroid dienone is 4. The van der Waals surface area contributed by atoms with Gasteiger partial charge in [-0.1, -0.05) is 116 Å². The summed E-state index contributed by atoms with van der Waals surface area (Å²) < 4.78 is 75.6. The summed E-state index contributed by atoms with van der Waals surface area (Å²) in [5, 5.41) is 55.3. The third-order valence-corrected chi connectivity index (χ3v) is 24.6.